The van der Waals surface area contributed by atoms with Gasteiger partial charge in [0.15, 0.2) is 0 Å². The smallest absolute Gasteiger partial charge is 0.214 e. The van der Waals surface area contributed by atoms with Crippen LogP contribution in [0.4, 0.5) is 5.13 Å². The van der Waals surface area contributed by atoms with Crippen LogP contribution in [0.2, 0.25) is 0 Å². The molecule has 0 aliphatic carbocycles. The fraction of sp³-hybridized carbons (Fsp3) is 0.636. The van der Waals surface area contributed by atoms with Gasteiger partial charge in [0.25, 0.3) is 0 Å². The van der Waals surface area contributed by atoms with Crippen molar-refractivity contribution >= 4 is 44.0 Å². The predicted molar refractivity (Wildman–Crippen MR) is 82.3 cm³/mol. The van der Waals surface area contributed by atoms with Gasteiger partial charge in [-0.1, -0.05) is 11.3 Å². The number of aromatic nitrogens is 3. The number of hydrogen-bond acceptors (Lipinski definition) is 5. The first-order chi connectivity index (χ1) is 8.74. The molecule has 3 rings (SSSR count). The first-order valence-electron chi connectivity index (χ1n) is 6.21. The Kier molecular flexibility index (Phi) is 3.71. The summed E-state index contributed by atoms with van der Waals surface area (Å²) in [5.74, 6) is 0.738. The van der Waals surface area contributed by atoms with Crippen LogP contribution in [0, 0.1) is 9.62 Å². The summed E-state index contributed by atoms with van der Waals surface area (Å²) in [5.41, 5.74) is 0. The van der Waals surface area contributed by atoms with Gasteiger partial charge in [0.2, 0.25) is 10.1 Å². The summed E-state index contributed by atoms with van der Waals surface area (Å²) in [7, 11) is 0. The highest BCUT2D eigenvalue weighted by Crippen LogP contribution is 2.24. The van der Waals surface area contributed by atoms with E-state index in [0.29, 0.717) is 6.04 Å². The summed E-state index contributed by atoms with van der Waals surface area (Å²) in [5, 5.41) is 12.5. The van der Waals surface area contributed by atoms with Crippen LogP contribution in [0.3, 0.4) is 0 Å². The minimum atomic E-state index is 0.473. The van der Waals surface area contributed by atoms with Gasteiger partial charge in [-0.2, -0.15) is 4.52 Å². The first kappa shape index (κ1) is 12.6. The summed E-state index contributed by atoms with van der Waals surface area (Å²) in [6.07, 6.45) is 4.34. The zero-order chi connectivity index (χ0) is 12.5. The Morgan fingerprint density at radius 3 is 3.06 bits per heavy atom. The Labute approximate surface area is 124 Å². The summed E-state index contributed by atoms with van der Waals surface area (Å²) in [6, 6.07) is 0.473. The van der Waals surface area contributed by atoms with E-state index in [2.05, 4.69) is 50.2 Å². The summed E-state index contributed by atoms with van der Waals surface area (Å²) < 4.78 is 2.95. The van der Waals surface area contributed by atoms with Crippen LogP contribution in [-0.2, 0) is 0 Å². The maximum absolute atomic E-state index is 4.55. The number of nitrogens with zero attached hydrogens (tertiary/aromatic N) is 3. The molecule has 2 N–H and O–H groups in total. The van der Waals surface area contributed by atoms with Crippen molar-refractivity contribution in [1.82, 2.24) is 19.9 Å². The molecule has 1 fully saturated rings. The van der Waals surface area contributed by atoms with Crippen molar-refractivity contribution in [2.75, 3.05) is 18.4 Å². The number of anilines is 1. The van der Waals surface area contributed by atoms with Crippen LogP contribution in [0.15, 0.2) is 6.20 Å². The maximum Gasteiger partial charge on any atom is 0.214 e. The number of imidazole rings is 1. The van der Waals surface area contributed by atoms with E-state index >= 15 is 0 Å². The van der Waals surface area contributed by atoms with Gasteiger partial charge in [0.1, 0.15) is 3.70 Å². The molecule has 3 heterocycles. The van der Waals surface area contributed by atoms with Crippen molar-refractivity contribution in [2.24, 2.45) is 5.92 Å². The molecule has 0 bridgehead atoms. The quantitative estimate of drug-likeness (QED) is 0.806. The van der Waals surface area contributed by atoms with Crippen molar-refractivity contribution in [2.45, 2.75) is 25.8 Å². The predicted octanol–water partition coefficient (Wildman–Crippen LogP) is 2.20. The highest BCUT2D eigenvalue weighted by molar-refractivity contribution is 14.1. The van der Waals surface area contributed by atoms with Crippen molar-refractivity contribution in [3.8, 4) is 0 Å². The molecular weight excluding hydrogens is 361 g/mol. The molecule has 0 spiro atoms. The van der Waals surface area contributed by atoms with E-state index in [0.717, 1.165) is 32.8 Å². The molecule has 0 radical (unpaired) electrons. The zero-order valence-corrected chi connectivity index (χ0v) is 13.2. The molecule has 1 saturated heterocycles. The van der Waals surface area contributed by atoms with Gasteiger partial charge in [-0.05, 0) is 61.4 Å². The van der Waals surface area contributed by atoms with Crippen LogP contribution in [-0.4, -0.2) is 33.7 Å². The molecule has 0 amide bonds. The van der Waals surface area contributed by atoms with Crippen LogP contribution >= 0.6 is 33.9 Å². The third kappa shape index (κ3) is 2.48. The average molecular weight is 377 g/mol. The highest BCUT2D eigenvalue weighted by Gasteiger charge is 2.21. The number of nitrogens with one attached hydrogen (secondary N) is 2. The van der Waals surface area contributed by atoms with E-state index in [1.54, 1.807) is 11.3 Å². The largest absolute Gasteiger partial charge is 0.357 e. The van der Waals surface area contributed by atoms with E-state index < -0.39 is 0 Å². The molecular formula is C11H16IN5S. The fourth-order valence-electron chi connectivity index (χ4n) is 2.38. The van der Waals surface area contributed by atoms with E-state index in [-0.39, 0.29) is 0 Å². The second kappa shape index (κ2) is 5.30. The number of halogens is 1. The number of piperidine rings is 1. The van der Waals surface area contributed by atoms with Crippen molar-refractivity contribution < 1.29 is 0 Å². The molecule has 18 heavy (non-hydrogen) atoms. The van der Waals surface area contributed by atoms with Crippen molar-refractivity contribution in [3.63, 3.8) is 0 Å². The monoisotopic (exact) mass is 377 g/mol. The molecule has 1 unspecified atom stereocenters. The summed E-state index contributed by atoms with van der Waals surface area (Å²) in [4.78, 5) is 5.28. The Hall–Kier alpha value is -0.410. The zero-order valence-electron chi connectivity index (χ0n) is 10.2. The molecule has 1 atom stereocenters. The lowest BCUT2D eigenvalue weighted by Gasteiger charge is -2.28. The minimum Gasteiger partial charge on any atom is -0.357 e. The fourth-order valence-corrected chi connectivity index (χ4v) is 3.89. The lowest BCUT2D eigenvalue weighted by atomic mass is 9.91. The number of hydrogen-bond donors (Lipinski definition) is 2. The molecule has 1 aliphatic rings. The third-order valence-corrected chi connectivity index (χ3v) is 5.08. The molecule has 2 aromatic rings. The van der Waals surface area contributed by atoms with Gasteiger partial charge in [0.05, 0.1) is 6.20 Å². The highest BCUT2D eigenvalue weighted by atomic mass is 127. The lowest BCUT2D eigenvalue weighted by Crippen LogP contribution is -2.36. The van der Waals surface area contributed by atoms with Gasteiger partial charge >= 0.3 is 0 Å². The minimum absolute atomic E-state index is 0.473. The van der Waals surface area contributed by atoms with Crippen LogP contribution in [0.5, 0.6) is 0 Å². The molecule has 0 saturated carbocycles. The van der Waals surface area contributed by atoms with Gasteiger partial charge in [-0.15, -0.1) is 5.10 Å². The molecule has 0 aromatic carbocycles. The molecule has 2 aromatic heterocycles. The topological polar surface area (TPSA) is 54.2 Å². The Morgan fingerprint density at radius 2 is 2.33 bits per heavy atom. The number of rotatable bonds is 3. The van der Waals surface area contributed by atoms with E-state index in [1.807, 2.05) is 10.7 Å². The van der Waals surface area contributed by atoms with Crippen molar-refractivity contribution in [1.29, 1.82) is 0 Å². The Balaban J connectivity index is 1.70. The summed E-state index contributed by atoms with van der Waals surface area (Å²) in [6.45, 7) is 4.52. The molecule has 5 nitrogen and oxygen atoms in total. The maximum atomic E-state index is 4.55. The Bertz CT molecular complexity index is 531. The van der Waals surface area contributed by atoms with E-state index in [9.17, 15) is 0 Å². The van der Waals surface area contributed by atoms with Crippen LogP contribution < -0.4 is 10.6 Å². The van der Waals surface area contributed by atoms with Crippen molar-refractivity contribution in [3.05, 3.63) is 9.90 Å². The van der Waals surface area contributed by atoms with Gasteiger partial charge in [-0.3, -0.25) is 0 Å². The average Bonchev–Trinajstić information content (AvgIpc) is 2.93. The van der Waals surface area contributed by atoms with E-state index in [1.165, 1.54) is 12.8 Å². The Morgan fingerprint density at radius 1 is 1.56 bits per heavy atom. The van der Waals surface area contributed by atoms with Crippen LogP contribution in [0.1, 0.15) is 19.8 Å². The third-order valence-electron chi connectivity index (χ3n) is 3.49. The standard InChI is InChI=1S/C11H16IN5S/c1-7(8-2-4-13-5-3-8)15-10-16-17-9(12)6-14-11(17)18-10/h6-8,13H,2-5H2,1H3,(H,15,16). The second-order valence-electron chi connectivity index (χ2n) is 4.70. The van der Waals surface area contributed by atoms with Gasteiger partial charge in [-0.25, -0.2) is 4.98 Å². The first-order valence-corrected chi connectivity index (χ1v) is 8.11. The van der Waals surface area contributed by atoms with E-state index in [4.69, 9.17) is 0 Å². The SMILES string of the molecule is CC(Nc1nn2c(I)cnc2s1)C1CCNCC1. The number of fused-ring (bicyclic) bond motifs is 1. The second-order valence-corrected chi connectivity index (χ2v) is 6.76. The molecule has 7 heteroatoms. The summed E-state index contributed by atoms with van der Waals surface area (Å²) >= 11 is 3.87. The molecule has 1 aliphatic heterocycles. The van der Waals surface area contributed by atoms with Crippen LogP contribution in [0.25, 0.3) is 4.96 Å². The normalized spacial score (nSPS) is 19.2. The van der Waals surface area contributed by atoms with Gasteiger partial charge < -0.3 is 10.6 Å². The van der Waals surface area contributed by atoms with Gasteiger partial charge in [0, 0.05) is 6.04 Å². The molecule has 98 valence electrons. The lowest BCUT2D eigenvalue weighted by molar-refractivity contribution is 0.343.